The van der Waals surface area contributed by atoms with Gasteiger partial charge in [-0.1, -0.05) is 6.07 Å². The minimum Gasteiger partial charge on any atom is -0.369 e. The van der Waals surface area contributed by atoms with Crippen LogP contribution in [0.5, 0.6) is 0 Å². The van der Waals surface area contributed by atoms with Gasteiger partial charge in [-0.25, -0.2) is 4.98 Å². The predicted octanol–water partition coefficient (Wildman–Crippen LogP) is 2.44. The van der Waals surface area contributed by atoms with Crippen LogP contribution in [0.3, 0.4) is 0 Å². The molecule has 0 radical (unpaired) electrons. The summed E-state index contributed by atoms with van der Waals surface area (Å²) in [6.07, 6.45) is 4.90. The lowest BCUT2D eigenvalue weighted by Crippen LogP contribution is -2.36. The molecule has 1 aromatic heterocycles. The van der Waals surface area contributed by atoms with Gasteiger partial charge in [0.15, 0.2) is 0 Å². The van der Waals surface area contributed by atoms with Gasteiger partial charge in [-0.3, -0.25) is 4.79 Å². The van der Waals surface area contributed by atoms with E-state index in [1.807, 2.05) is 33.9 Å². The van der Waals surface area contributed by atoms with Crippen LogP contribution in [0.15, 0.2) is 30.6 Å². The summed E-state index contributed by atoms with van der Waals surface area (Å²) >= 11 is 0. The number of carbonyl (C=O) groups is 1. The predicted molar refractivity (Wildman–Crippen MR) is 91.9 cm³/mol. The molecule has 0 aliphatic carbocycles. The normalized spacial score (nSPS) is 22.0. The highest BCUT2D eigenvalue weighted by molar-refractivity contribution is 5.97. The van der Waals surface area contributed by atoms with Crippen LogP contribution in [0.1, 0.15) is 36.4 Å². The van der Waals surface area contributed by atoms with Crippen LogP contribution in [0.25, 0.3) is 0 Å². The number of imidazole rings is 1. The van der Waals surface area contributed by atoms with E-state index in [2.05, 4.69) is 18.0 Å². The first-order valence-corrected chi connectivity index (χ1v) is 8.70. The summed E-state index contributed by atoms with van der Waals surface area (Å²) in [5.74, 6) is 0.662. The fraction of sp³-hybridized carbons (Fsp3) is 0.421. The van der Waals surface area contributed by atoms with Gasteiger partial charge in [0, 0.05) is 37.8 Å². The monoisotopic (exact) mass is 336 g/mol. The van der Waals surface area contributed by atoms with Crippen molar-refractivity contribution in [2.24, 2.45) is 5.92 Å². The van der Waals surface area contributed by atoms with Crippen molar-refractivity contribution >= 4 is 11.6 Å². The van der Waals surface area contributed by atoms with E-state index in [4.69, 9.17) is 10.00 Å². The number of aryl methyl sites for hydroxylation is 1. The van der Waals surface area contributed by atoms with Gasteiger partial charge in [-0.15, -0.1) is 0 Å². The molecule has 0 unspecified atom stereocenters. The van der Waals surface area contributed by atoms with E-state index in [1.165, 1.54) is 0 Å². The van der Waals surface area contributed by atoms with Crippen LogP contribution in [0.4, 0.5) is 5.69 Å². The topological polar surface area (TPSA) is 71.2 Å². The van der Waals surface area contributed by atoms with Crippen molar-refractivity contribution in [2.75, 3.05) is 18.1 Å². The highest BCUT2D eigenvalue weighted by Crippen LogP contribution is 2.38. The average Bonchev–Trinajstić information content (AvgIpc) is 3.37. The number of fused-ring (bicyclic) bond motifs is 1. The number of carbonyl (C=O) groups excluding carboxylic acids is 1. The van der Waals surface area contributed by atoms with E-state index >= 15 is 0 Å². The summed E-state index contributed by atoms with van der Waals surface area (Å²) in [5.41, 5.74) is 2.57. The van der Waals surface area contributed by atoms with Crippen LogP contribution in [0.2, 0.25) is 0 Å². The zero-order chi connectivity index (χ0) is 17.4. The van der Waals surface area contributed by atoms with Gasteiger partial charge in [-0.05, 0) is 37.5 Å². The summed E-state index contributed by atoms with van der Waals surface area (Å²) in [7, 11) is 0. The highest BCUT2D eigenvalue weighted by atomic mass is 16.5. The number of benzene rings is 1. The molecule has 2 aromatic rings. The number of hydrogen-bond acceptors (Lipinski definition) is 4. The molecule has 0 spiro atoms. The maximum absolute atomic E-state index is 13.2. The molecule has 4 rings (SSSR count). The second kappa shape index (κ2) is 6.34. The number of anilines is 1. The van der Waals surface area contributed by atoms with Crippen molar-refractivity contribution in [1.82, 2.24) is 9.55 Å². The van der Waals surface area contributed by atoms with Crippen molar-refractivity contribution < 1.29 is 9.53 Å². The maximum atomic E-state index is 13.2. The number of hydrogen-bond donors (Lipinski definition) is 0. The largest absolute Gasteiger partial charge is 0.369 e. The van der Waals surface area contributed by atoms with Crippen LogP contribution in [-0.4, -0.2) is 28.6 Å². The molecule has 128 valence electrons. The molecule has 6 heteroatoms. The van der Waals surface area contributed by atoms with E-state index in [-0.39, 0.29) is 17.9 Å². The molecular formula is C19H20N4O2. The van der Waals surface area contributed by atoms with Crippen molar-refractivity contribution in [3.05, 3.63) is 47.5 Å². The van der Waals surface area contributed by atoms with Crippen molar-refractivity contribution in [3.63, 3.8) is 0 Å². The van der Waals surface area contributed by atoms with E-state index in [0.29, 0.717) is 25.1 Å². The van der Waals surface area contributed by atoms with Gasteiger partial charge in [-0.2, -0.15) is 5.26 Å². The Balaban J connectivity index is 1.63. The molecule has 1 aromatic carbocycles. The molecule has 2 aliphatic rings. The highest BCUT2D eigenvalue weighted by Gasteiger charge is 2.41. The second-order valence-electron chi connectivity index (χ2n) is 6.45. The number of rotatable bonds is 3. The van der Waals surface area contributed by atoms with Gasteiger partial charge in [0.1, 0.15) is 11.9 Å². The summed E-state index contributed by atoms with van der Waals surface area (Å²) < 4.78 is 7.91. The molecule has 0 N–H and O–H groups in total. The maximum Gasteiger partial charge on any atom is 0.233 e. The molecular weight excluding hydrogens is 316 g/mol. The van der Waals surface area contributed by atoms with Crippen LogP contribution < -0.4 is 4.90 Å². The lowest BCUT2D eigenvalue weighted by atomic mass is 9.98. The van der Waals surface area contributed by atoms with Crippen molar-refractivity contribution in [2.45, 2.75) is 32.4 Å². The average molecular weight is 336 g/mol. The third-order valence-corrected chi connectivity index (χ3v) is 5.13. The van der Waals surface area contributed by atoms with Gasteiger partial charge < -0.3 is 14.2 Å². The molecule has 0 saturated carbocycles. The second-order valence-corrected chi connectivity index (χ2v) is 6.45. The Kier molecular flexibility index (Phi) is 4.02. The van der Waals surface area contributed by atoms with Gasteiger partial charge in [0.2, 0.25) is 5.91 Å². The van der Waals surface area contributed by atoms with Gasteiger partial charge >= 0.3 is 0 Å². The molecule has 2 aliphatic heterocycles. The third-order valence-electron chi connectivity index (χ3n) is 5.13. The minimum absolute atomic E-state index is 0.0713. The smallest absolute Gasteiger partial charge is 0.233 e. The Bertz CT molecular complexity index is 851. The molecule has 0 bridgehead atoms. The molecule has 25 heavy (non-hydrogen) atoms. The Labute approximate surface area is 146 Å². The number of aromatic nitrogens is 2. The van der Waals surface area contributed by atoms with E-state index in [0.717, 1.165) is 30.0 Å². The van der Waals surface area contributed by atoms with Gasteiger partial charge in [0.05, 0.1) is 17.6 Å². The van der Waals surface area contributed by atoms with Crippen LogP contribution in [0, 0.1) is 17.2 Å². The number of nitrogens with zero attached hydrogens (tertiary/aromatic N) is 4. The van der Waals surface area contributed by atoms with Gasteiger partial charge in [0.25, 0.3) is 0 Å². The standard InChI is InChI=1S/C19H20N4O2/c1-2-22-9-7-21-18(22)17-15(6-10-25-17)19(24)23-8-5-14-4-3-13(12-20)11-16(14)23/h3-4,7,9,11,15,17H,2,5-6,8,10H2,1H3/t15-,17-/m1/s1. The summed E-state index contributed by atoms with van der Waals surface area (Å²) in [6.45, 7) is 4.08. The zero-order valence-corrected chi connectivity index (χ0v) is 14.2. The Morgan fingerprint density at radius 3 is 3.16 bits per heavy atom. The lowest BCUT2D eigenvalue weighted by Gasteiger charge is -2.24. The van der Waals surface area contributed by atoms with E-state index in [1.54, 1.807) is 6.20 Å². The summed E-state index contributed by atoms with van der Waals surface area (Å²) in [4.78, 5) is 19.5. The molecule has 1 saturated heterocycles. The van der Waals surface area contributed by atoms with Crippen LogP contribution >= 0.6 is 0 Å². The zero-order valence-electron chi connectivity index (χ0n) is 14.2. The number of ether oxygens (including phenoxy) is 1. The third kappa shape index (κ3) is 2.61. The fourth-order valence-corrected chi connectivity index (χ4v) is 3.82. The Hall–Kier alpha value is -2.65. The van der Waals surface area contributed by atoms with Crippen molar-refractivity contribution in [3.8, 4) is 6.07 Å². The SMILES string of the molecule is CCn1ccnc1[C@@H]1OCC[C@H]1C(=O)N1CCc2ccc(C#N)cc21. The first kappa shape index (κ1) is 15.9. The number of nitriles is 1. The first-order chi connectivity index (χ1) is 12.2. The molecule has 1 fully saturated rings. The first-order valence-electron chi connectivity index (χ1n) is 8.70. The number of amides is 1. The molecule has 2 atom stereocenters. The minimum atomic E-state index is -0.300. The Morgan fingerprint density at radius 1 is 1.48 bits per heavy atom. The lowest BCUT2D eigenvalue weighted by molar-refractivity contribution is -0.124. The molecule has 1 amide bonds. The van der Waals surface area contributed by atoms with E-state index < -0.39 is 0 Å². The fourth-order valence-electron chi connectivity index (χ4n) is 3.82. The summed E-state index contributed by atoms with van der Waals surface area (Å²) in [6, 6.07) is 7.74. The quantitative estimate of drug-likeness (QED) is 0.863. The van der Waals surface area contributed by atoms with E-state index in [9.17, 15) is 4.79 Å². The molecule has 6 nitrogen and oxygen atoms in total. The molecule has 3 heterocycles. The van der Waals surface area contributed by atoms with Crippen molar-refractivity contribution in [1.29, 1.82) is 5.26 Å². The Morgan fingerprint density at radius 2 is 2.36 bits per heavy atom. The van der Waals surface area contributed by atoms with Crippen LogP contribution in [-0.2, 0) is 22.5 Å². The summed E-state index contributed by atoms with van der Waals surface area (Å²) in [5, 5.41) is 9.15.